The fourth-order valence-corrected chi connectivity index (χ4v) is 1.73. The molecule has 0 saturated heterocycles. The highest BCUT2D eigenvalue weighted by Gasteiger charge is 2.29. The third-order valence-electron chi connectivity index (χ3n) is 2.81. The van der Waals surface area contributed by atoms with E-state index >= 15 is 0 Å². The van der Waals surface area contributed by atoms with E-state index in [1.807, 2.05) is 45.9 Å². The number of halogens is 2. The number of rotatable bonds is 2. The van der Waals surface area contributed by atoms with Gasteiger partial charge in [-0.1, -0.05) is 44.5 Å². The molecule has 3 N–H and O–H groups in total. The fraction of sp³-hybridized carbons (Fsp3) is 0.538. The maximum atomic E-state index is 10.1. The van der Waals surface area contributed by atoms with Crippen LogP contribution in [0.4, 0.5) is 0 Å². The van der Waals surface area contributed by atoms with Crippen LogP contribution in [0.1, 0.15) is 37.9 Å². The average Bonchev–Trinajstić information content (AvgIpc) is 2.18. The summed E-state index contributed by atoms with van der Waals surface area (Å²) in [5.74, 6) is 0. The SMILES string of the molecule is Cc1ccc([C@H](N)[C@H](O)C(C)(C)C)cc1Cl.Cl. The molecule has 0 radical (unpaired) electrons. The molecule has 0 bridgehead atoms. The lowest BCUT2D eigenvalue weighted by Gasteiger charge is -2.31. The van der Waals surface area contributed by atoms with Gasteiger partial charge in [-0.25, -0.2) is 0 Å². The maximum Gasteiger partial charge on any atom is 0.0780 e. The van der Waals surface area contributed by atoms with E-state index in [1.165, 1.54) is 0 Å². The van der Waals surface area contributed by atoms with Gasteiger partial charge in [0, 0.05) is 5.02 Å². The molecule has 2 atom stereocenters. The van der Waals surface area contributed by atoms with Crippen LogP contribution in [0, 0.1) is 12.3 Å². The zero-order chi connectivity index (χ0) is 12.5. The normalized spacial score (nSPS) is 15.0. The number of hydrogen-bond acceptors (Lipinski definition) is 2. The molecule has 98 valence electrons. The monoisotopic (exact) mass is 277 g/mol. The topological polar surface area (TPSA) is 46.2 Å². The summed E-state index contributed by atoms with van der Waals surface area (Å²) in [7, 11) is 0. The molecular formula is C13H21Cl2NO. The fourth-order valence-electron chi connectivity index (χ4n) is 1.54. The molecule has 4 heteroatoms. The summed E-state index contributed by atoms with van der Waals surface area (Å²) in [5.41, 5.74) is 7.69. The van der Waals surface area contributed by atoms with Crippen LogP contribution in [0.15, 0.2) is 18.2 Å². The molecule has 0 amide bonds. The molecule has 0 aliphatic rings. The van der Waals surface area contributed by atoms with Crippen molar-refractivity contribution < 1.29 is 5.11 Å². The Morgan fingerprint density at radius 3 is 2.24 bits per heavy atom. The largest absolute Gasteiger partial charge is 0.391 e. The van der Waals surface area contributed by atoms with Crippen molar-refractivity contribution in [1.82, 2.24) is 0 Å². The molecule has 0 fully saturated rings. The first-order chi connectivity index (χ1) is 7.23. The van der Waals surface area contributed by atoms with Crippen LogP contribution in [0.2, 0.25) is 5.02 Å². The van der Waals surface area contributed by atoms with Crippen LogP contribution in [0.3, 0.4) is 0 Å². The Bertz CT molecular complexity index is 374. The Morgan fingerprint density at radius 1 is 1.29 bits per heavy atom. The highest BCUT2D eigenvalue weighted by Crippen LogP contribution is 2.30. The molecular weight excluding hydrogens is 257 g/mol. The van der Waals surface area contributed by atoms with E-state index in [0.29, 0.717) is 5.02 Å². The molecule has 0 heterocycles. The van der Waals surface area contributed by atoms with Crippen molar-refractivity contribution in [2.24, 2.45) is 11.1 Å². The number of benzene rings is 1. The van der Waals surface area contributed by atoms with Crippen molar-refractivity contribution >= 4 is 24.0 Å². The summed E-state index contributed by atoms with van der Waals surface area (Å²) in [5, 5.41) is 10.8. The predicted octanol–water partition coefficient (Wildman–Crippen LogP) is 3.48. The predicted molar refractivity (Wildman–Crippen MR) is 75.8 cm³/mol. The Labute approximate surface area is 115 Å². The lowest BCUT2D eigenvalue weighted by Crippen LogP contribution is -2.36. The second-order valence-electron chi connectivity index (χ2n) is 5.35. The molecule has 0 aliphatic heterocycles. The second kappa shape index (κ2) is 6.05. The summed E-state index contributed by atoms with van der Waals surface area (Å²) >= 11 is 6.04. The Balaban J connectivity index is 0.00000256. The van der Waals surface area contributed by atoms with Crippen molar-refractivity contribution in [3.05, 3.63) is 34.3 Å². The molecule has 0 unspecified atom stereocenters. The first-order valence-electron chi connectivity index (χ1n) is 5.43. The number of aliphatic hydroxyl groups is 1. The lowest BCUT2D eigenvalue weighted by molar-refractivity contribution is 0.0401. The van der Waals surface area contributed by atoms with Gasteiger partial charge in [-0.05, 0) is 29.5 Å². The van der Waals surface area contributed by atoms with Gasteiger partial charge in [-0.2, -0.15) is 0 Å². The summed E-state index contributed by atoms with van der Waals surface area (Å²) in [6.07, 6.45) is -0.591. The first kappa shape index (κ1) is 16.7. The first-order valence-corrected chi connectivity index (χ1v) is 5.81. The number of aliphatic hydroxyl groups excluding tert-OH is 1. The van der Waals surface area contributed by atoms with Gasteiger partial charge < -0.3 is 10.8 Å². The molecule has 0 spiro atoms. The summed E-state index contributed by atoms with van der Waals surface area (Å²) < 4.78 is 0. The van der Waals surface area contributed by atoms with Gasteiger partial charge in [0.05, 0.1) is 12.1 Å². The van der Waals surface area contributed by atoms with E-state index in [4.69, 9.17) is 17.3 Å². The second-order valence-corrected chi connectivity index (χ2v) is 5.75. The van der Waals surface area contributed by atoms with Gasteiger partial charge in [-0.3, -0.25) is 0 Å². The molecule has 1 aromatic rings. The Hall–Kier alpha value is -0.280. The van der Waals surface area contributed by atoms with Gasteiger partial charge in [0.2, 0.25) is 0 Å². The van der Waals surface area contributed by atoms with Gasteiger partial charge >= 0.3 is 0 Å². The molecule has 17 heavy (non-hydrogen) atoms. The van der Waals surface area contributed by atoms with Crippen molar-refractivity contribution in [3.63, 3.8) is 0 Å². The molecule has 0 saturated carbocycles. The molecule has 0 aliphatic carbocycles. The van der Waals surface area contributed by atoms with Gasteiger partial charge in [-0.15, -0.1) is 12.4 Å². The molecule has 1 rings (SSSR count). The van der Waals surface area contributed by atoms with Crippen LogP contribution in [0.25, 0.3) is 0 Å². The van der Waals surface area contributed by atoms with Crippen LogP contribution in [-0.2, 0) is 0 Å². The standard InChI is InChI=1S/C13H20ClNO.ClH/c1-8-5-6-9(7-10(8)14)11(15)12(16)13(2,3)4;/h5-7,11-12,16H,15H2,1-4H3;1H/t11-,12-;/m0./s1. The quantitative estimate of drug-likeness (QED) is 0.870. The van der Waals surface area contributed by atoms with Crippen LogP contribution in [0.5, 0.6) is 0 Å². The highest BCUT2D eigenvalue weighted by molar-refractivity contribution is 6.31. The summed E-state index contributed by atoms with van der Waals surface area (Å²) in [6.45, 7) is 7.84. The van der Waals surface area contributed by atoms with Gasteiger partial charge in [0.25, 0.3) is 0 Å². The highest BCUT2D eigenvalue weighted by atomic mass is 35.5. The van der Waals surface area contributed by atoms with Crippen molar-refractivity contribution in [2.45, 2.75) is 39.8 Å². The van der Waals surface area contributed by atoms with E-state index < -0.39 is 12.1 Å². The van der Waals surface area contributed by atoms with Crippen molar-refractivity contribution in [3.8, 4) is 0 Å². The smallest absolute Gasteiger partial charge is 0.0780 e. The van der Waals surface area contributed by atoms with Gasteiger partial charge in [0.15, 0.2) is 0 Å². The molecule has 0 aromatic heterocycles. The molecule has 1 aromatic carbocycles. The number of nitrogens with two attached hydrogens (primary N) is 1. The minimum absolute atomic E-state index is 0. The van der Waals surface area contributed by atoms with E-state index in [2.05, 4.69) is 0 Å². The lowest BCUT2D eigenvalue weighted by atomic mass is 9.82. The summed E-state index contributed by atoms with van der Waals surface area (Å²) in [6, 6.07) is 5.27. The zero-order valence-electron chi connectivity index (χ0n) is 10.7. The van der Waals surface area contributed by atoms with E-state index in [9.17, 15) is 5.11 Å². The Morgan fingerprint density at radius 2 is 1.82 bits per heavy atom. The van der Waals surface area contributed by atoms with Crippen LogP contribution in [-0.4, -0.2) is 11.2 Å². The average molecular weight is 278 g/mol. The number of hydrogen-bond donors (Lipinski definition) is 2. The minimum atomic E-state index is -0.591. The van der Waals surface area contributed by atoms with Crippen LogP contribution >= 0.6 is 24.0 Å². The third kappa shape index (κ3) is 4.14. The van der Waals surface area contributed by atoms with E-state index in [0.717, 1.165) is 11.1 Å². The van der Waals surface area contributed by atoms with Crippen LogP contribution < -0.4 is 5.73 Å². The van der Waals surface area contributed by atoms with Crippen molar-refractivity contribution in [2.75, 3.05) is 0 Å². The van der Waals surface area contributed by atoms with Crippen molar-refractivity contribution in [1.29, 1.82) is 0 Å². The maximum absolute atomic E-state index is 10.1. The number of aryl methyl sites for hydroxylation is 1. The third-order valence-corrected chi connectivity index (χ3v) is 3.22. The minimum Gasteiger partial charge on any atom is -0.391 e. The van der Waals surface area contributed by atoms with E-state index in [-0.39, 0.29) is 17.8 Å². The Kier molecular flexibility index (Phi) is 5.95. The van der Waals surface area contributed by atoms with E-state index in [1.54, 1.807) is 0 Å². The van der Waals surface area contributed by atoms with Gasteiger partial charge in [0.1, 0.15) is 0 Å². The molecule has 2 nitrogen and oxygen atoms in total. The summed E-state index contributed by atoms with van der Waals surface area (Å²) in [4.78, 5) is 0. The zero-order valence-corrected chi connectivity index (χ0v) is 12.3.